The number of benzene rings is 1. The zero-order valence-corrected chi connectivity index (χ0v) is 14.6. The van der Waals surface area contributed by atoms with E-state index in [1.54, 1.807) is 25.4 Å². The highest BCUT2D eigenvalue weighted by Crippen LogP contribution is 2.32. The highest BCUT2D eigenvalue weighted by atomic mass is 16.5. The van der Waals surface area contributed by atoms with Gasteiger partial charge in [-0.15, -0.1) is 0 Å². The summed E-state index contributed by atoms with van der Waals surface area (Å²) in [5, 5.41) is 9.42. The Labute approximate surface area is 146 Å². The summed E-state index contributed by atoms with van der Waals surface area (Å²) in [5.74, 6) is 0.909. The summed E-state index contributed by atoms with van der Waals surface area (Å²) in [5.41, 5.74) is 2.90. The van der Waals surface area contributed by atoms with E-state index in [2.05, 4.69) is 9.97 Å². The molecule has 0 fully saturated rings. The molecular formula is C18H21N3O4. The topological polar surface area (TPSA) is 84.8 Å². The smallest absolute Gasteiger partial charge is 0.335 e. The van der Waals surface area contributed by atoms with Crippen molar-refractivity contribution in [1.29, 1.82) is 0 Å². The molecule has 0 aliphatic carbocycles. The Balaban J connectivity index is 1.97. The van der Waals surface area contributed by atoms with Crippen LogP contribution >= 0.6 is 0 Å². The minimum Gasteiger partial charge on any atom is -0.496 e. The lowest BCUT2D eigenvalue weighted by molar-refractivity contribution is 0.0695. The van der Waals surface area contributed by atoms with Crippen LogP contribution in [0.3, 0.4) is 0 Å². The van der Waals surface area contributed by atoms with E-state index in [1.807, 2.05) is 18.7 Å². The summed E-state index contributed by atoms with van der Waals surface area (Å²) in [6.07, 6.45) is 2.34. The molecule has 2 aromatic rings. The summed E-state index contributed by atoms with van der Waals surface area (Å²) in [6.45, 7) is 5.48. The average molecular weight is 343 g/mol. The molecule has 7 heteroatoms. The number of methoxy groups -OCH3 is 1. The molecule has 3 rings (SSSR count). The molecule has 25 heavy (non-hydrogen) atoms. The zero-order valence-electron chi connectivity index (χ0n) is 14.6. The summed E-state index contributed by atoms with van der Waals surface area (Å²) >= 11 is 0. The van der Waals surface area contributed by atoms with Crippen LogP contribution in [0.25, 0.3) is 0 Å². The van der Waals surface area contributed by atoms with E-state index in [9.17, 15) is 9.90 Å². The minimum atomic E-state index is -0.919. The van der Waals surface area contributed by atoms with Gasteiger partial charge in [0.2, 0.25) is 11.8 Å². The lowest BCUT2D eigenvalue weighted by atomic mass is 9.93. The standard InChI is InChI=1S/C18H21N3O4/c1-4-25-16-11(2)9-19-18(20-16)21-8-7-12-13(17(22)23)5-6-15(24-3)14(12)10-21/h5-6,9H,4,7-8,10H2,1-3H3,(H,22,23). The largest absolute Gasteiger partial charge is 0.496 e. The number of aromatic carboxylic acids is 1. The molecule has 0 bridgehead atoms. The maximum Gasteiger partial charge on any atom is 0.335 e. The minimum absolute atomic E-state index is 0.329. The number of carboxylic acids is 1. The molecule has 0 atom stereocenters. The van der Waals surface area contributed by atoms with E-state index in [-0.39, 0.29) is 0 Å². The molecule has 1 aromatic carbocycles. The molecule has 0 spiro atoms. The normalized spacial score (nSPS) is 13.3. The summed E-state index contributed by atoms with van der Waals surface area (Å²) < 4.78 is 11.0. The number of ether oxygens (including phenoxy) is 2. The predicted molar refractivity (Wildman–Crippen MR) is 92.6 cm³/mol. The third-order valence-corrected chi connectivity index (χ3v) is 4.30. The molecule has 0 saturated heterocycles. The number of aryl methyl sites for hydroxylation is 1. The van der Waals surface area contributed by atoms with E-state index < -0.39 is 5.97 Å². The molecule has 0 unspecified atom stereocenters. The Morgan fingerprint density at radius 3 is 2.84 bits per heavy atom. The van der Waals surface area contributed by atoms with Crippen molar-refractivity contribution >= 4 is 11.9 Å². The second kappa shape index (κ2) is 6.96. The fraction of sp³-hybridized carbons (Fsp3) is 0.389. The molecule has 0 radical (unpaired) electrons. The Bertz CT molecular complexity index is 807. The average Bonchev–Trinajstić information content (AvgIpc) is 2.62. The molecule has 1 N–H and O–H groups in total. The summed E-state index contributed by atoms with van der Waals surface area (Å²) in [4.78, 5) is 22.4. The van der Waals surface area contributed by atoms with Gasteiger partial charge >= 0.3 is 5.97 Å². The molecule has 132 valence electrons. The van der Waals surface area contributed by atoms with Gasteiger partial charge in [0.15, 0.2) is 0 Å². The molecule has 2 heterocycles. The van der Waals surface area contributed by atoms with Gasteiger partial charge in [-0.25, -0.2) is 9.78 Å². The van der Waals surface area contributed by atoms with Gasteiger partial charge in [0.1, 0.15) is 5.75 Å². The number of fused-ring (bicyclic) bond motifs is 1. The maximum atomic E-state index is 11.5. The number of rotatable bonds is 5. The third-order valence-electron chi connectivity index (χ3n) is 4.30. The van der Waals surface area contributed by atoms with Crippen molar-refractivity contribution < 1.29 is 19.4 Å². The van der Waals surface area contributed by atoms with Gasteiger partial charge in [0.05, 0.1) is 19.3 Å². The molecular weight excluding hydrogens is 322 g/mol. The molecule has 7 nitrogen and oxygen atoms in total. The van der Waals surface area contributed by atoms with Crippen molar-refractivity contribution in [3.05, 3.63) is 40.6 Å². The van der Waals surface area contributed by atoms with E-state index in [4.69, 9.17) is 9.47 Å². The number of nitrogens with zero attached hydrogens (tertiary/aromatic N) is 3. The molecule has 0 saturated carbocycles. The van der Waals surface area contributed by atoms with E-state index in [0.717, 1.165) is 16.7 Å². The van der Waals surface area contributed by atoms with Gasteiger partial charge in [-0.3, -0.25) is 0 Å². The quantitative estimate of drug-likeness (QED) is 0.892. The van der Waals surface area contributed by atoms with E-state index >= 15 is 0 Å². The van der Waals surface area contributed by atoms with Crippen molar-refractivity contribution in [2.75, 3.05) is 25.2 Å². The Morgan fingerprint density at radius 1 is 1.36 bits per heavy atom. The van der Waals surface area contributed by atoms with Crippen LogP contribution in [0.5, 0.6) is 11.6 Å². The fourth-order valence-corrected chi connectivity index (χ4v) is 3.06. The first-order chi connectivity index (χ1) is 12.0. The van der Waals surface area contributed by atoms with Gasteiger partial charge < -0.3 is 19.5 Å². The van der Waals surface area contributed by atoms with E-state index in [1.165, 1.54) is 0 Å². The molecule has 1 aliphatic heterocycles. The highest BCUT2D eigenvalue weighted by Gasteiger charge is 2.26. The van der Waals surface area contributed by atoms with Gasteiger partial charge in [-0.2, -0.15) is 4.98 Å². The maximum absolute atomic E-state index is 11.5. The zero-order chi connectivity index (χ0) is 18.0. The van der Waals surface area contributed by atoms with Crippen molar-refractivity contribution in [1.82, 2.24) is 9.97 Å². The SMILES string of the molecule is CCOc1nc(N2CCc3c(C(=O)O)ccc(OC)c3C2)ncc1C. The summed E-state index contributed by atoms with van der Waals surface area (Å²) in [6, 6.07) is 3.30. The van der Waals surface area contributed by atoms with Crippen molar-refractivity contribution in [2.45, 2.75) is 26.8 Å². The number of hydrogen-bond acceptors (Lipinski definition) is 6. The van der Waals surface area contributed by atoms with Gasteiger partial charge in [-0.05, 0) is 38.0 Å². The van der Waals surface area contributed by atoms with Crippen LogP contribution < -0.4 is 14.4 Å². The van der Waals surface area contributed by atoms with Gasteiger partial charge in [0, 0.05) is 30.4 Å². The molecule has 0 amide bonds. The van der Waals surface area contributed by atoms with E-state index in [0.29, 0.717) is 49.3 Å². The first-order valence-electron chi connectivity index (χ1n) is 8.18. The van der Waals surface area contributed by atoms with Crippen LogP contribution in [0.2, 0.25) is 0 Å². The van der Waals surface area contributed by atoms with Gasteiger partial charge in [-0.1, -0.05) is 0 Å². The van der Waals surface area contributed by atoms with Crippen molar-refractivity contribution in [3.8, 4) is 11.6 Å². The van der Waals surface area contributed by atoms with Crippen LogP contribution in [-0.4, -0.2) is 41.3 Å². The Hall–Kier alpha value is -2.83. The number of hydrogen-bond donors (Lipinski definition) is 1. The van der Waals surface area contributed by atoms with Crippen molar-refractivity contribution in [3.63, 3.8) is 0 Å². The first kappa shape index (κ1) is 17.0. The first-order valence-corrected chi connectivity index (χ1v) is 8.18. The monoisotopic (exact) mass is 343 g/mol. The number of anilines is 1. The van der Waals surface area contributed by atoms with Crippen LogP contribution in [0.1, 0.15) is 34.0 Å². The Morgan fingerprint density at radius 2 is 2.16 bits per heavy atom. The number of aromatic nitrogens is 2. The predicted octanol–water partition coefficient (Wildman–Crippen LogP) is 2.45. The number of carbonyl (C=O) groups is 1. The van der Waals surface area contributed by atoms with Crippen LogP contribution in [0.4, 0.5) is 5.95 Å². The van der Waals surface area contributed by atoms with Gasteiger partial charge in [0.25, 0.3) is 0 Å². The van der Waals surface area contributed by atoms with Crippen molar-refractivity contribution in [2.24, 2.45) is 0 Å². The Kier molecular flexibility index (Phi) is 4.74. The second-order valence-electron chi connectivity index (χ2n) is 5.84. The number of carboxylic acid groups (broad SMARTS) is 1. The highest BCUT2D eigenvalue weighted by molar-refractivity contribution is 5.90. The lowest BCUT2D eigenvalue weighted by Gasteiger charge is -2.31. The van der Waals surface area contributed by atoms with Crippen LogP contribution in [0, 0.1) is 6.92 Å². The second-order valence-corrected chi connectivity index (χ2v) is 5.84. The third kappa shape index (κ3) is 3.22. The summed E-state index contributed by atoms with van der Waals surface area (Å²) in [7, 11) is 1.59. The lowest BCUT2D eigenvalue weighted by Crippen LogP contribution is -2.33. The molecule has 1 aromatic heterocycles. The van der Waals surface area contributed by atoms with Crippen LogP contribution in [-0.2, 0) is 13.0 Å². The molecule has 1 aliphatic rings. The fourth-order valence-electron chi connectivity index (χ4n) is 3.06. The van der Waals surface area contributed by atoms with Crippen LogP contribution in [0.15, 0.2) is 18.3 Å².